The van der Waals surface area contributed by atoms with E-state index in [-0.39, 0.29) is 24.0 Å². The first-order chi connectivity index (χ1) is 13.7. The lowest BCUT2D eigenvalue weighted by atomic mass is 9.94. The summed E-state index contributed by atoms with van der Waals surface area (Å²) in [7, 11) is 0. The second-order valence-electron chi connectivity index (χ2n) is 7.76. The van der Waals surface area contributed by atoms with Gasteiger partial charge >= 0.3 is 0 Å². The molecule has 0 bridgehead atoms. The van der Waals surface area contributed by atoms with Crippen molar-refractivity contribution in [3.8, 4) is 0 Å². The summed E-state index contributed by atoms with van der Waals surface area (Å²) < 4.78 is 11.9. The summed E-state index contributed by atoms with van der Waals surface area (Å²) in [6.45, 7) is 1.36. The average molecular weight is 384 g/mol. The highest BCUT2D eigenvalue weighted by Gasteiger charge is 2.23. The van der Waals surface area contributed by atoms with Gasteiger partial charge < -0.3 is 20.1 Å². The molecule has 2 aliphatic heterocycles. The maximum Gasteiger partial charge on any atom is 0.224 e. The minimum absolute atomic E-state index is 0.0413. The van der Waals surface area contributed by atoms with E-state index in [0.29, 0.717) is 26.1 Å². The third kappa shape index (κ3) is 4.80. The molecule has 28 heavy (non-hydrogen) atoms. The standard InChI is InChI=1S/C22H28N2O4/c25-21-9-5-15-3-7-17(13-19(15)23-21)27-11-1-2-12-28-18-8-4-16-6-10-22(26)24-20(16)14-18/h3-4,7-8,17-18H,1-2,5-6,9-14H2,(H,23,25)(H,24,26)/t17-,18-/m1/s1. The summed E-state index contributed by atoms with van der Waals surface area (Å²) in [4.78, 5) is 23.1. The first-order valence-corrected chi connectivity index (χ1v) is 10.3. The summed E-state index contributed by atoms with van der Waals surface area (Å²) in [5.41, 5.74) is 4.53. The van der Waals surface area contributed by atoms with Gasteiger partial charge in [0.25, 0.3) is 0 Å². The number of ether oxygens (including phenoxy) is 2. The molecular formula is C22H28N2O4. The van der Waals surface area contributed by atoms with E-state index in [1.54, 1.807) is 0 Å². The number of allylic oxidation sites excluding steroid dienone is 4. The van der Waals surface area contributed by atoms with Gasteiger partial charge in [0.1, 0.15) is 0 Å². The lowest BCUT2D eigenvalue weighted by Crippen LogP contribution is -2.32. The predicted octanol–water partition coefficient (Wildman–Crippen LogP) is 2.79. The second kappa shape index (κ2) is 8.88. The molecule has 2 heterocycles. The van der Waals surface area contributed by atoms with Crippen LogP contribution in [0, 0.1) is 0 Å². The molecule has 2 amide bonds. The van der Waals surface area contributed by atoms with E-state index in [2.05, 4.69) is 34.9 Å². The second-order valence-corrected chi connectivity index (χ2v) is 7.76. The molecular weight excluding hydrogens is 356 g/mol. The molecule has 150 valence electrons. The van der Waals surface area contributed by atoms with Gasteiger partial charge in [0.2, 0.25) is 11.8 Å². The van der Waals surface area contributed by atoms with E-state index in [1.165, 1.54) is 11.1 Å². The van der Waals surface area contributed by atoms with Crippen molar-refractivity contribution in [3.05, 3.63) is 46.8 Å². The highest BCUT2D eigenvalue weighted by Crippen LogP contribution is 2.27. The molecule has 2 aliphatic carbocycles. The van der Waals surface area contributed by atoms with Crippen molar-refractivity contribution in [2.45, 2.75) is 63.6 Å². The van der Waals surface area contributed by atoms with Crippen LogP contribution >= 0.6 is 0 Å². The van der Waals surface area contributed by atoms with Crippen molar-refractivity contribution in [1.82, 2.24) is 10.6 Å². The molecule has 0 aromatic carbocycles. The van der Waals surface area contributed by atoms with Gasteiger partial charge in [0.15, 0.2) is 0 Å². The lowest BCUT2D eigenvalue weighted by molar-refractivity contribution is -0.121. The van der Waals surface area contributed by atoms with Crippen LogP contribution in [0.5, 0.6) is 0 Å². The third-order valence-corrected chi connectivity index (χ3v) is 5.64. The van der Waals surface area contributed by atoms with Crippen LogP contribution in [-0.2, 0) is 19.1 Å². The zero-order chi connectivity index (χ0) is 19.3. The Kier molecular flexibility index (Phi) is 6.07. The molecule has 0 aromatic rings. The van der Waals surface area contributed by atoms with Crippen LogP contribution < -0.4 is 10.6 Å². The molecule has 0 unspecified atom stereocenters. The fourth-order valence-corrected chi connectivity index (χ4v) is 4.04. The Hall–Kier alpha value is -2.18. The largest absolute Gasteiger partial charge is 0.374 e. The van der Waals surface area contributed by atoms with Gasteiger partial charge in [0, 0.05) is 50.3 Å². The Balaban J connectivity index is 1.10. The summed E-state index contributed by atoms with van der Waals surface area (Å²) >= 11 is 0. The first kappa shape index (κ1) is 19.2. The Labute approximate surface area is 165 Å². The summed E-state index contributed by atoms with van der Waals surface area (Å²) in [6.07, 6.45) is 14.7. The van der Waals surface area contributed by atoms with E-state index in [0.717, 1.165) is 49.9 Å². The SMILES string of the molecule is O=C1CCC2=C(C[C@H](OCCCCO[C@@H]3C=CC4=C(C3)NC(=O)CC4)C=C2)N1. The molecule has 2 atom stereocenters. The van der Waals surface area contributed by atoms with Gasteiger partial charge in [-0.2, -0.15) is 0 Å². The molecule has 6 heteroatoms. The van der Waals surface area contributed by atoms with Crippen LogP contribution in [0.4, 0.5) is 0 Å². The monoisotopic (exact) mass is 384 g/mol. The number of hydrogen-bond acceptors (Lipinski definition) is 4. The Bertz CT molecular complexity index is 698. The minimum Gasteiger partial charge on any atom is -0.374 e. The van der Waals surface area contributed by atoms with E-state index < -0.39 is 0 Å². The molecule has 0 saturated carbocycles. The Morgan fingerprint density at radius 1 is 0.750 bits per heavy atom. The van der Waals surface area contributed by atoms with Gasteiger partial charge in [0.05, 0.1) is 12.2 Å². The summed E-state index contributed by atoms with van der Waals surface area (Å²) in [5, 5.41) is 5.94. The average Bonchev–Trinajstić information content (AvgIpc) is 2.70. The molecule has 0 fully saturated rings. The van der Waals surface area contributed by atoms with Crippen LogP contribution in [0.15, 0.2) is 46.8 Å². The highest BCUT2D eigenvalue weighted by atomic mass is 16.5. The van der Waals surface area contributed by atoms with E-state index in [9.17, 15) is 9.59 Å². The van der Waals surface area contributed by atoms with Crippen molar-refractivity contribution in [2.24, 2.45) is 0 Å². The fraction of sp³-hybridized carbons (Fsp3) is 0.545. The number of unbranched alkanes of at least 4 members (excludes halogenated alkanes) is 1. The van der Waals surface area contributed by atoms with Gasteiger partial charge in [-0.15, -0.1) is 0 Å². The van der Waals surface area contributed by atoms with Crippen molar-refractivity contribution >= 4 is 11.8 Å². The van der Waals surface area contributed by atoms with Crippen molar-refractivity contribution in [2.75, 3.05) is 13.2 Å². The van der Waals surface area contributed by atoms with E-state index >= 15 is 0 Å². The minimum atomic E-state index is 0.0413. The lowest BCUT2D eigenvalue weighted by Gasteiger charge is -2.27. The molecule has 4 aliphatic rings. The molecule has 0 radical (unpaired) electrons. The molecule has 0 spiro atoms. The molecule has 0 saturated heterocycles. The maximum absolute atomic E-state index is 11.5. The smallest absolute Gasteiger partial charge is 0.224 e. The molecule has 0 aromatic heterocycles. The van der Waals surface area contributed by atoms with Gasteiger partial charge in [-0.05, 0) is 36.8 Å². The number of amides is 2. The number of carbonyl (C=O) groups excluding carboxylic acids is 2. The Morgan fingerprint density at radius 3 is 1.68 bits per heavy atom. The maximum atomic E-state index is 11.5. The predicted molar refractivity (Wildman–Crippen MR) is 105 cm³/mol. The molecule has 2 N–H and O–H groups in total. The van der Waals surface area contributed by atoms with Crippen LogP contribution in [-0.4, -0.2) is 37.2 Å². The quantitative estimate of drug-likeness (QED) is 0.662. The first-order valence-electron chi connectivity index (χ1n) is 10.3. The van der Waals surface area contributed by atoms with E-state index in [4.69, 9.17) is 9.47 Å². The van der Waals surface area contributed by atoms with Crippen LogP contribution in [0.1, 0.15) is 51.4 Å². The Morgan fingerprint density at radius 2 is 1.21 bits per heavy atom. The summed E-state index contributed by atoms with van der Waals surface area (Å²) in [6, 6.07) is 0. The number of hydrogen-bond donors (Lipinski definition) is 2. The number of rotatable bonds is 7. The number of carbonyl (C=O) groups is 2. The van der Waals surface area contributed by atoms with Crippen LogP contribution in [0.3, 0.4) is 0 Å². The number of nitrogens with one attached hydrogen (secondary N) is 2. The fourth-order valence-electron chi connectivity index (χ4n) is 4.04. The van der Waals surface area contributed by atoms with Crippen LogP contribution in [0.2, 0.25) is 0 Å². The van der Waals surface area contributed by atoms with Crippen molar-refractivity contribution in [1.29, 1.82) is 0 Å². The van der Waals surface area contributed by atoms with E-state index in [1.807, 2.05) is 0 Å². The topological polar surface area (TPSA) is 76.7 Å². The summed E-state index contributed by atoms with van der Waals surface area (Å²) in [5.74, 6) is 0.217. The van der Waals surface area contributed by atoms with Gasteiger partial charge in [-0.3, -0.25) is 9.59 Å². The highest BCUT2D eigenvalue weighted by molar-refractivity contribution is 5.80. The molecule has 6 nitrogen and oxygen atoms in total. The van der Waals surface area contributed by atoms with Crippen LogP contribution in [0.25, 0.3) is 0 Å². The van der Waals surface area contributed by atoms with Crippen molar-refractivity contribution in [3.63, 3.8) is 0 Å². The third-order valence-electron chi connectivity index (χ3n) is 5.64. The van der Waals surface area contributed by atoms with Gasteiger partial charge in [-0.1, -0.05) is 24.3 Å². The molecule has 4 rings (SSSR count). The zero-order valence-electron chi connectivity index (χ0n) is 16.2. The van der Waals surface area contributed by atoms with Crippen molar-refractivity contribution < 1.29 is 19.1 Å². The normalized spacial score (nSPS) is 26.7. The zero-order valence-corrected chi connectivity index (χ0v) is 16.2. The van der Waals surface area contributed by atoms with Gasteiger partial charge in [-0.25, -0.2) is 0 Å².